The first-order valence-corrected chi connectivity index (χ1v) is 11.2. The molecular formula is C23H16N6O7S. The highest BCUT2D eigenvalue weighted by Gasteiger charge is 2.20. The molecule has 0 radical (unpaired) electrons. The van der Waals surface area contributed by atoms with Crippen LogP contribution in [0.1, 0.15) is 20.7 Å². The fraction of sp³-hybridized carbons (Fsp3) is 0.0435. The molecule has 0 spiro atoms. The Hall–Kier alpha value is -5.24. The van der Waals surface area contributed by atoms with Crippen molar-refractivity contribution in [3.8, 4) is 16.3 Å². The SMILES string of the molecule is COc1ccc(-c2nnc(NC(=O)c3cccc(NC(=O)c4cc([N+](=O)[O-])cc([N+](=O)[O-])c4)c3)s2)cc1. The number of carbonyl (C=O) groups excluding carboxylic acids is 2. The van der Waals surface area contributed by atoms with Crippen LogP contribution in [0.15, 0.2) is 66.7 Å². The Morgan fingerprint density at radius 3 is 2.11 bits per heavy atom. The van der Waals surface area contributed by atoms with Crippen LogP contribution in [0, 0.1) is 20.2 Å². The third-order valence-electron chi connectivity index (χ3n) is 4.95. The van der Waals surface area contributed by atoms with Crippen molar-refractivity contribution >= 4 is 45.3 Å². The monoisotopic (exact) mass is 520 g/mol. The number of amides is 2. The van der Waals surface area contributed by atoms with E-state index in [2.05, 4.69) is 20.8 Å². The highest BCUT2D eigenvalue weighted by molar-refractivity contribution is 7.18. The minimum atomic E-state index is -0.831. The summed E-state index contributed by atoms with van der Waals surface area (Å²) in [6, 6.07) is 15.7. The molecule has 2 N–H and O–H groups in total. The Kier molecular flexibility index (Phi) is 7.11. The molecule has 0 atom stereocenters. The highest BCUT2D eigenvalue weighted by atomic mass is 32.1. The van der Waals surface area contributed by atoms with E-state index in [-0.39, 0.29) is 21.9 Å². The number of methoxy groups -OCH3 is 1. The molecule has 0 unspecified atom stereocenters. The van der Waals surface area contributed by atoms with Gasteiger partial charge in [-0.05, 0) is 42.5 Å². The molecule has 0 saturated heterocycles. The van der Waals surface area contributed by atoms with E-state index in [1.165, 1.54) is 35.6 Å². The van der Waals surface area contributed by atoms with Crippen molar-refractivity contribution in [3.05, 3.63) is 98.1 Å². The number of aromatic nitrogens is 2. The van der Waals surface area contributed by atoms with Gasteiger partial charge in [0.25, 0.3) is 23.2 Å². The number of nitrogens with one attached hydrogen (secondary N) is 2. The molecule has 0 bridgehead atoms. The van der Waals surface area contributed by atoms with Gasteiger partial charge < -0.3 is 10.1 Å². The number of nitro groups is 2. The fourth-order valence-corrected chi connectivity index (χ4v) is 3.92. The van der Waals surface area contributed by atoms with E-state index < -0.39 is 33.0 Å². The molecule has 0 aliphatic heterocycles. The molecule has 3 aromatic carbocycles. The summed E-state index contributed by atoms with van der Waals surface area (Å²) >= 11 is 1.17. The van der Waals surface area contributed by atoms with Crippen molar-refractivity contribution in [2.75, 3.05) is 17.7 Å². The van der Waals surface area contributed by atoms with Crippen LogP contribution in [0.4, 0.5) is 22.2 Å². The van der Waals surface area contributed by atoms with Gasteiger partial charge in [0.05, 0.1) is 28.6 Å². The Bertz CT molecular complexity index is 1490. The normalized spacial score (nSPS) is 10.4. The third-order valence-corrected chi connectivity index (χ3v) is 5.84. The Morgan fingerprint density at radius 1 is 0.838 bits per heavy atom. The van der Waals surface area contributed by atoms with Gasteiger partial charge in [-0.15, -0.1) is 10.2 Å². The van der Waals surface area contributed by atoms with Gasteiger partial charge in [0, 0.05) is 28.9 Å². The van der Waals surface area contributed by atoms with Gasteiger partial charge >= 0.3 is 0 Å². The van der Waals surface area contributed by atoms with Crippen LogP contribution in [-0.2, 0) is 0 Å². The number of hydrogen-bond donors (Lipinski definition) is 2. The highest BCUT2D eigenvalue weighted by Crippen LogP contribution is 2.28. The average molecular weight is 520 g/mol. The molecule has 14 heteroatoms. The number of nitro benzene ring substituents is 2. The lowest BCUT2D eigenvalue weighted by molar-refractivity contribution is -0.394. The zero-order chi connectivity index (χ0) is 26.5. The predicted molar refractivity (Wildman–Crippen MR) is 134 cm³/mol. The molecule has 2 amide bonds. The minimum absolute atomic E-state index is 0.184. The van der Waals surface area contributed by atoms with Crippen LogP contribution in [-0.4, -0.2) is 39.0 Å². The molecular weight excluding hydrogens is 504 g/mol. The van der Waals surface area contributed by atoms with Crippen LogP contribution >= 0.6 is 11.3 Å². The van der Waals surface area contributed by atoms with E-state index in [4.69, 9.17) is 4.74 Å². The fourth-order valence-electron chi connectivity index (χ4n) is 3.17. The van der Waals surface area contributed by atoms with Crippen LogP contribution in [0.3, 0.4) is 0 Å². The van der Waals surface area contributed by atoms with Crippen molar-refractivity contribution in [2.45, 2.75) is 0 Å². The van der Waals surface area contributed by atoms with Crippen molar-refractivity contribution in [2.24, 2.45) is 0 Å². The summed E-state index contributed by atoms with van der Waals surface area (Å²) in [5.41, 5.74) is -0.301. The van der Waals surface area contributed by atoms with Gasteiger partial charge in [0.15, 0.2) is 0 Å². The van der Waals surface area contributed by atoms with Gasteiger partial charge in [-0.2, -0.15) is 0 Å². The molecule has 13 nitrogen and oxygen atoms in total. The number of anilines is 2. The van der Waals surface area contributed by atoms with Gasteiger partial charge in [-0.25, -0.2) is 0 Å². The zero-order valence-electron chi connectivity index (χ0n) is 18.9. The number of carbonyl (C=O) groups is 2. The maximum absolute atomic E-state index is 12.7. The summed E-state index contributed by atoms with van der Waals surface area (Å²) in [6.07, 6.45) is 0. The van der Waals surface area contributed by atoms with Gasteiger partial charge in [0.2, 0.25) is 5.13 Å². The van der Waals surface area contributed by atoms with Crippen LogP contribution < -0.4 is 15.4 Å². The summed E-state index contributed by atoms with van der Waals surface area (Å²) in [4.78, 5) is 45.9. The Labute approximate surface area is 212 Å². The minimum Gasteiger partial charge on any atom is -0.497 e. The van der Waals surface area contributed by atoms with Crippen LogP contribution in [0.2, 0.25) is 0 Å². The molecule has 186 valence electrons. The first-order valence-electron chi connectivity index (χ1n) is 10.4. The van der Waals surface area contributed by atoms with E-state index in [1.807, 2.05) is 12.1 Å². The molecule has 4 rings (SSSR count). The molecule has 0 aliphatic carbocycles. The molecule has 0 aliphatic rings. The summed E-state index contributed by atoms with van der Waals surface area (Å²) < 4.78 is 5.13. The topological polar surface area (TPSA) is 179 Å². The average Bonchev–Trinajstić information content (AvgIpc) is 3.37. The van der Waals surface area contributed by atoms with E-state index in [0.29, 0.717) is 10.8 Å². The molecule has 37 heavy (non-hydrogen) atoms. The van der Waals surface area contributed by atoms with Gasteiger partial charge in [0.1, 0.15) is 10.8 Å². The van der Waals surface area contributed by atoms with Crippen LogP contribution in [0.25, 0.3) is 10.6 Å². The number of benzene rings is 3. The smallest absolute Gasteiger partial charge is 0.277 e. The summed E-state index contributed by atoms with van der Waals surface area (Å²) in [5, 5.41) is 36.2. The summed E-state index contributed by atoms with van der Waals surface area (Å²) in [6.45, 7) is 0. The van der Waals surface area contributed by atoms with Crippen molar-refractivity contribution in [1.82, 2.24) is 10.2 Å². The number of nitrogens with zero attached hydrogens (tertiary/aromatic N) is 4. The van der Waals surface area contributed by atoms with Crippen molar-refractivity contribution in [3.63, 3.8) is 0 Å². The zero-order valence-corrected chi connectivity index (χ0v) is 19.7. The molecule has 0 saturated carbocycles. The molecule has 1 aromatic heterocycles. The largest absolute Gasteiger partial charge is 0.497 e. The van der Waals surface area contributed by atoms with Crippen molar-refractivity contribution in [1.29, 1.82) is 0 Å². The number of ether oxygens (including phenoxy) is 1. The van der Waals surface area contributed by atoms with E-state index >= 15 is 0 Å². The number of hydrogen-bond acceptors (Lipinski definition) is 10. The standard InChI is InChI=1S/C23H16N6O7S/c1-36-19-7-5-13(6-8-19)22-26-27-23(37-22)25-20(30)14-3-2-4-16(9-14)24-21(31)15-10-17(28(32)33)12-18(11-15)29(34)35/h2-12H,1H3,(H,24,31)(H,25,27,30). The van der Waals surface area contributed by atoms with Gasteiger partial charge in [-0.3, -0.25) is 35.1 Å². The first-order chi connectivity index (χ1) is 17.7. The second kappa shape index (κ2) is 10.6. The van der Waals surface area contributed by atoms with E-state index in [9.17, 15) is 29.8 Å². The Balaban J connectivity index is 1.47. The third kappa shape index (κ3) is 5.88. The van der Waals surface area contributed by atoms with E-state index in [0.717, 1.165) is 23.8 Å². The lowest BCUT2D eigenvalue weighted by Gasteiger charge is -2.07. The number of rotatable bonds is 8. The second-order valence-electron chi connectivity index (χ2n) is 7.38. The quantitative estimate of drug-likeness (QED) is 0.249. The van der Waals surface area contributed by atoms with E-state index in [1.54, 1.807) is 19.2 Å². The summed E-state index contributed by atoms with van der Waals surface area (Å²) in [7, 11) is 1.56. The second-order valence-corrected chi connectivity index (χ2v) is 8.36. The maximum atomic E-state index is 12.7. The Morgan fingerprint density at radius 2 is 1.49 bits per heavy atom. The summed E-state index contributed by atoms with van der Waals surface area (Å²) in [5.74, 6) is -0.644. The van der Waals surface area contributed by atoms with Gasteiger partial charge in [-0.1, -0.05) is 17.4 Å². The van der Waals surface area contributed by atoms with Crippen molar-refractivity contribution < 1.29 is 24.2 Å². The lowest BCUT2D eigenvalue weighted by Crippen LogP contribution is -2.15. The molecule has 4 aromatic rings. The predicted octanol–water partition coefficient (Wildman–Crippen LogP) is 4.53. The first kappa shape index (κ1) is 24.9. The lowest BCUT2D eigenvalue weighted by atomic mass is 10.1. The molecule has 1 heterocycles. The molecule has 0 fully saturated rings. The maximum Gasteiger partial charge on any atom is 0.277 e. The number of non-ortho nitro benzene ring substituents is 2. The van der Waals surface area contributed by atoms with Crippen LogP contribution in [0.5, 0.6) is 5.75 Å².